The van der Waals surface area contributed by atoms with Gasteiger partial charge in [0.1, 0.15) is 0 Å². The Kier molecular flexibility index (Phi) is 7.12. The molecule has 1 aromatic carbocycles. The van der Waals surface area contributed by atoms with Crippen LogP contribution in [0.25, 0.3) is 0 Å². The third-order valence-corrected chi connectivity index (χ3v) is 6.43. The van der Waals surface area contributed by atoms with Gasteiger partial charge in [0.25, 0.3) is 0 Å². The molecular formula is C24H32N2O2S. The lowest BCUT2D eigenvalue weighted by Crippen LogP contribution is -2.47. The van der Waals surface area contributed by atoms with Crippen LogP contribution in [0.1, 0.15) is 61.2 Å². The third kappa shape index (κ3) is 5.08. The Bertz CT molecular complexity index is 841. The number of hydrogen-bond acceptors (Lipinski definition) is 3. The Hall–Kier alpha value is -2.14. The molecule has 0 spiro atoms. The number of hydrogen-bond donors (Lipinski definition) is 0. The molecule has 0 radical (unpaired) electrons. The molecule has 2 heterocycles. The van der Waals surface area contributed by atoms with Crippen molar-refractivity contribution in [1.29, 1.82) is 0 Å². The van der Waals surface area contributed by atoms with Gasteiger partial charge in [-0.2, -0.15) is 0 Å². The molecular weight excluding hydrogens is 380 g/mol. The zero-order valence-electron chi connectivity index (χ0n) is 18.0. The number of benzene rings is 1. The number of carbonyl (C=O) groups excluding carboxylic acids is 2. The van der Waals surface area contributed by atoms with Crippen LogP contribution in [0.4, 0.5) is 0 Å². The molecule has 2 amide bonds. The summed E-state index contributed by atoms with van der Waals surface area (Å²) in [6.07, 6.45) is 2.23. The lowest BCUT2D eigenvalue weighted by molar-refractivity contribution is -0.142. The van der Waals surface area contributed by atoms with E-state index in [1.165, 1.54) is 16.0 Å². The van der Waals surface area contributed by atoms with Crippen LogP contribution in [0.3, 0.4) is 0 Å². The summed E-state index contributed by atoms with van der Waals surface area (Å²) in [5.74, 6) is 0.411. The van der Waals surface area contributed by atoms with E-state index in [0.717, 1.165) is 18.4 Å². The summed E-state index contributed by atoms with van der Waals surface area (Å²) in [5.41, 5.74) is 3.58. The highest BCUT2D eigenvalue weighted by molar-refractivity contribution is 7.10. The zero-order chi connectivity index (χ0) is 21.0. The molecule has 4 nitrogen and oxygen atoms in total. The molecule has 5 heteroatoms. The van der Waals surface area contributed by atoms with E-state index < -0.39 is 0 Å². The Morgan fingerprint density at radius 2 is 1.93 bits per heavy atom. The summed E-state index contributed by atoms with van der Waals surface area (Å²) >= 11 is 1.77. The van der Waals surface area contributed by atoms with E-state index >= 15 is 0 Å². The minimum Gasteiger partial charge on any atom is -0.333 e. The van der Waals surface area contributed by atoms with Crippen LogP contribution in [-0.4, -0.2) is 41.2 Å². The van der Waals surface area contributed by atoms with Crippen molar-refractivity contribution in [3.05, 3.63) is 57.3 Å². The first kappa shape index (κ1) is 21.6. The summed E-state index contributed by atoms with van der Waals surface area (Å²) in [7, 11) is 0. The first-order valence-electron chi connectivity index (χ1n) is 10.6. The van der Waals surface area contributed by atoms with Crippen LogP contribution in [0, 0.1) is 12.8 Å². The molecule has 0 saturated carbocycles. The van der Waals surface area contributed by atoms with Gasteiger partial charge in [-0.05, 0) is 48.3 Å². The molecule has 29 heavy (non-hydrogen) atoms. The average Bonchev–Trinajstić information content (AvgIpc) is 3.16. The van der Waals surface area contributed by atoms with Crippen LogP contribution >= 0.6 is 11.3 Å². The highest BCUT2D eigenvalue weighted by Crippen LogP contribution is 2.38. The molecule has 0 fully saturated rings. The van der Waals surface area contributed by atoms with Gasteiger partial charge in [0.05, 0.1) is 12.6 Å². The van der Waals surface area contributed by atoms with Gasteiger partial charge in [-0.15, -0.1) is 11.3 Å². The molecule has 0 saturated heterocycles. The van der Waals surface area contributed by atoms with E-state index in [9.17, 15) is 9.59 Å². The highest BCUT2D eigenvalue weighted by atomic mass is 32.1. The smallest absolute Gasteiger partial charge is 0.242 e. The van der Waals surface area contributed by atoms with E-state index in [1.807, 2.05) is 25.7 Å². The molecule has 0 bridgehead atoms. The second-order valence-corrected chi connectivity index (χ2v) is 9.36. The van der Waals surface area contributed by atoms with Gasteiger partial charge in [-0.1, -0.05) is 50.6 Å². The van der Waals surface area contributed by atoms with E-state index in [2.05, 4.69) is 42.6 Å². The summed E-state index contributed by atoms with van der Waals surface area (Å²) in [5, 5.41) is 2.12. The number of fused-ring (bicyclic) bond motifs is 1. The van der Waals surface area contributed by atoms with Crippen LogP contribution in [0.15, 0.2) is 35.7 Å². The van der Waals surface area contributed by atoms with Crippen molar-refractivity contribution in [3.63, 3.8) is 0 Å². The van der Waals surface area contributed by atoms with Crippen molar-refractivity contribution in [3.8, 4) is 0 Å². The first-order chi connectivity index (χ1) is 13.9. The largest absolute Gasteiger partial charge is 0.333 e. The van der Waals surface area contributed by atoms with Crippen LogP contribution in [0.5, 0.6) is 0 Å². The summed E-state index contributed by atoms with van der Waals surface area (Å²) in [4.78, 5) is 31.1. The summed E-state index contributed by atoms with van der Waals surface area (Å²) < 4.78 is 0. The topological polar surface area (TPSA) is 40.6 Å². The fourth-order valence-corrected chi connectivity index (χ4v) is 4.89. The maximum Gasteiger partial charge on any atom is 0.242 e. The fourth-order valence-electron chi connectivity index (χ4n) is 3.99. The molecule has 156 valence electrons. The van der Waals surface area contributed by atoms with Gasteiger partial charge in [-0.25, -0.2) is 0 Å². The maximum absolute atomic E-state index is 13.4. The molecule has 0 unspecified atom stereocenters. The quantitative estimate of drug-likeness (QED) is 0.654. The fraction of sp³-hybridized carbons (Fsp3) is 0.500. The number of aryl methyl sites for hydroxylation is 1. The standard InChI is InChI=1S/C24H32N2O2S/c1-5-12-25(22(27)15-17(2)3)16-23(28)26-13-10-21-20(11-14-29-21)24(26)19-8-6-18(4)7-9-19/h6-9,11,14,17,24H,5,10,12-13,15-16H2,1-4H3/t24-/m1/s1. The van der Waals surface area contributed by atoms with E-state index in [4.69, 9.17) is 0 Å². The van der Waals surface area contributed by atoms with Gasteiger partial charge in [0.15, 0.2) is 0 Å². The molecule has 0 aliphatic carbocycles. The molecule has 1 atom stereocenters. The van der Waals surface area contributed by atoms with Gasteiger partial charge >= 0.3 is 0 Å². The van der Waals surface area contributed by atoms with Crippen LogP contribution in [-0.2, 0) is 16.0 Å². The van der Waals surface area contributed by atoms with Crippen molar-refractivity contribution in [2.45, 2.75) is 53.0 Å². The van der Waals surface area contributed by atoms with Gasteiger partial charge in [-0.3, -0.25) is 9.59 Å². The lowest BCUT2D eigenvalue weighted by Gasteiger charge is -2.37. The van der Waals surface area contributed by atoms with Crippen molar-refractivity contribution in [1.82, 2.24) is 9.80 Å². The van der Waals surface area contributed by atoms with Crippen LogP contribution in [0.2, 0.25) is 0 Å². The third-order valence-electron chi connectivity index (χ3n) is 5.43. The second-order valence-electron chi connectivity index (χ2n) is 8.36. The van der Waals surface area contributed by atoms with Crippen LogP contribution < -0.4 is 0 Å². The molecule has 0 N–H and O–H groups in total. The molecule has 1 aromatic heterocycles. The minimum absolute atomic E-state index is 0.0398. The van der Waals surface area contributed by atoms with E-state index in [1.54, 1.807) is 16.2 Å². The Morgan fingerprint density at radius 3 is 2.59 bits per heavy atom. The second kappa shape index (κ2) is 9.57. The normalized spacial score (nSPS) is 16.0. The predicted octanol–water partition coefficient (Wildman–Crippen LogP) is 4.82. The van der Waals surface area contributed by atoms with Crippen molar-refractivity contribution < 1.29 is 9.59 Å². The summed E-state index contributed by atoms with van der Waals surface area (Å²) in [6, 6.07) is 10.5. The van der Waals surface area contributed by atoms with Crippen molar-refractivity contribution >= 4 is 23.2 Å². The number of thiophene rings is 1. The zero-order valence-corrected chi connectivity index (χ0v) is 18.8. The van der Waals surface area contributed by atoms with Gasteiger partial charge in [0, 0.05) is 24.4 Å². The van der Waals surface area contributed by atoms with Gasteiger partial charge in [0.2, 0.25) is 11.8 Å². The Balaban J connectivity index is 1.85. The maximum atomic E-state index is 13.4. The van der Waals surface area contributed by atoms with E-state index in [-0.39, 0.29) is 24.4 Å². The van der Waals surface area contributed by atoms with Crippen molar-refractivity contribution in [2.24, 2.45) is 5.92 Å². The number of carbonyl (C=O) groups is 2. The highest BCUT2D eigenvalue weighted by Gasteiger charge is 2.33. The summed E-state index contributed by atoms with van der Waals surface area (Å²) in [6.45, 7) is 9.70. The lowest BCUT2D eigenvalue weighted by atomic mass is 9.92. The number of rotatable bonds is 7. The van der Waals surface area contributed by atoms with E-state index in [0.29, 0.717) is 25.4 Å². The number of amides is 2. The minimum atomic E-state index is -0.0678. The molecule has 3 rings (SSSR count). The van der Waals surface area contributed by atoms with Gasteiger partial charge < -0.3 is 9.80 Å². The molecule has 1 aliphatic rings. The SMILES string of the molecule is CCCN(CC(=O)N1CCc2sccc2[C@H]1c1ccc(C)cc1)C(=O)CC(C)C. The first-order valence-corrected chi connectivity index (χ1v) is 11.5. The molecule has 2 aromatic rings. The number of nitrogens with zero attached hydrogens (tertiary/aromatic N) is 2. The molecule has 1 aliphatic heterocycles. The average molecular weight is 413 g/mol. The Labute approximate surface area is 178 Å². The monoisotopic (exact) mass is 412 g/mol. The predicted molar refractivity (Wildman–Crippen MR) is 119 cm³/mol. The Morgan fingerprint density at radius 1 is 1.21 bits per heavy atom. The van der Waals surface area contributed by atoms with Crippen molar-refractivity contribution in [2.75, 3.05) is 19.6 Å².